The van der Waals surface area contributed by atoms with Crippen LogP contribution in [0.1, 0.15) is 46.1 Å². The normalized spacial score (nSPS) is 10.8. The SMILES string of the molecule is CCCc1cc(=O)[nH]c(SCC(=O)c2c(C)cc(C)cc2C)n1. The molecule has 0 bridgehead atoms. The number of thioether (sulfide) groups is 1. The van der Waals surface area contributed by atoms with Gasteiger partial charge in [-0.3, -0.25) is 9.59 Å². The van der Waals surface area contributed by atoms with Crippen molar-refractivity contribution in [3.8, 4) is 0 Å². The smallest absolute Gasteiger partial charge is 0.251 e. The monoisotopic (exact) mass is 330 g/mol. The summed E-state index contributed by atoms with van der Waals surface area (Å²) >= 11 is 1.28. The highest BCUT2D eigenvalue weighted by Crippen LogP contribution is 2.20. The third-order valence-electron chi connectivity index (χ3n) is 3.57. The van der Waals surface area contributed by atoms with Crippen molar-refractivity contribution in [1.82, 2.24) is 9.97 Å². The van der Waals surface area contributed by atoms with Gasteiger partial charge in [0.15, 0.2) is 10.9 Å². The Morgan fingerprint density at radius 3 is 2.43 bits per heavy atom. The lowest BCUT2D eigenvalue weighted by molar-refractivity contribution is 0.102. The van der Waals surface area contributed by atoms with E-state index in [9.17, 15) is 9.59 Å². The largest absolute Gasteiger partial charge is 0.301 e. The molecule has 1 N–H and O–H groups in total. The molecule has 122 valence electrons. The van der Waals surface area contributed by atoms with E-state index >= 15 is 0 Å². The molecule has 0 fully saturated rings. The molecule has 0 spiro atoms. The van der Waals surface area contributed by atoms with Crippen LogP contribution >= 0.6 is 11.8 Å². The second-order valence-electron chi connectivity index (χ2n) is 5.78. The summed E-state index contributed by atoms with van der Waals surface area (Å²) in [5.41, 5.74) is 4.52. The molecule has 0 unspecified atom stereocenters. The number of nitrogens with zero attached hydrogens (tertiary/aromatic N) is 1. The van der Waals surface area contributed by atoms with Gasteiger partial charge in [-0.25, -0.2) is 4.98 Å². The molecule has 2 rings (SSSR count). The summed E-state index contributed by atoms with van der Waals surface area (Å²) in [6, 6.07) is 5.56. The number of aromatic amines is 1. The first-order chi connectivity index (χ1) is 10.9. The molecular weight excluding hydrogens is 308 g/mol. The number of rotatable bonds is 6. The van der Waals surface area contributed by atoms with Gasteiger partial charge in [-0.05, 0) is 38.3 Å². The van der Waals surface area contributed by atoms with Gasteiger partial charge in [-0.2, -0.15) is 0 Å². The molecule has 0 atom stereocenters. The number of Topliss-reactive ketones (excluding diaryl/α,β-unsaturated/α-hetero) is 1. The van der Waals surface area contributed by atoms with E-state index in [1.165, 1.54) is 17.8 Å². The predicted molar refractivity (Wildman–Crippen MR) is 94.6 cm³/mol. The van der Waals surface area contributed by atoms with E-state index in [0.29, 0.717) is 5.16 Å². The lowest BCUT2D eigenvalue weighted by atomic mass is 9.97. The van der Waals surface area contributed by atoms with Crippen LogP contribution in [0.4, 0.5) is 0 Å². The van der Waals surface area contributed by atoms with Gasteiger partial charge in [-0.1, -0.05) is 42.8 Å². The fourth-order valence-electron chi connectivity index (χ4n) is 2.76. The van der Waals surface area contributed by atoms with Crippen molar-refractivity contribution < 1.29 is 4.79 Å². The van der Waals surface area contributed by atoms with Crippen LogP contribution in [0.2, 0.25) is 0 Å². The van der Waals surface area contributed by atoms with Crippen molar-refractivity contribution >= 4 is 17.5 Å². The molecule has 1 heterocycles. The number of aromatic nitrogens is 2. The van der Waals surface area contributed by atoms with Crippen molar-refractivity contribution in [3.05, 3.63) is 56.5 Å². The molecule has 23 heavy (non-hydrogen) atoms. The molecular formula is C18H22N2O2S. The molecule has 0 radical (unpaired) electrons. The van der Waals surface area contributed by atoms with Crippen molar-refractivity contribution in [2.24, 2.45) is 0 Å². The Bertz CT molecular complexity index is 758. The summed E-state index contributed by atoms with van der Waals surface area (Å²) in [6.45, 7) is 7.98. The van der Waals surface area contributed by atoms with Crippen LogP contribution in [-0.4, -0.2) is 21.5 Å². The van der Waals surface area contributed by atoms with Crippen molar-refractivity contribution in [1.29, 1.82) is 0 Å². The number of hydrogen-bond donors (Lipinski definition) is 1. The van der Waals surface area contributed by atoms with E-state index in [1.54, 1.807) is 0 Å². The third-order valence-corrected chi connectivity index (χ3v) is 4.45. The number of hydrogen-bond acceptors (Lipinski definition) is 4. The topological polar surface area (TPSA) is 62.8 Å². The molecule has 4 nitrogen and oxygen atoms in total. The third kappa shape index (κ3) is 4.55. The average Bonchev–Trinajstić information content (AvgIpc) is 2.44. The summed E-state index contributed by atoms with van der Waals surface area (Å²) in [4.78, 5) is 31.3. The number of aryl methyl sites for hydroxylation is 4. The Hall–Kier alpha value is -1.88. The summed E-state index contributed by atoms with van der Waals surface area (Å²) in [7, 11) is 0. The molecule has 0 saturated carbocycles. The minimum atomic E-state index is -0.166. The second-order valence-corrected chi connectivity index (χ2v) is 6.74. The van der Waals surface area contributed by atoms with Crippen LogP contribution in [0.5, 0.6) is 0 Å². The second kappa shape index (κ2) is 7.59. The maximum absolute atomic E-state index is 12.5. The Balaban J connectivity index is 2.15. The zero-order valence-corrected chi connectivity index (χ0v) is 14.8. The predicted octanol–water partition coefficient (Wildman–Crippen LogP) is 3.62. The van der Waals surface area contributed by atoms with E-state index in [1.807, 2.05) is 39.8 Å². The van der Waals surface area contributed by atoms with Gasteiger partial charge in [0.2, 0.25) is 0 Å². The molecule has 0 aliphatic rings. The number of H-pyrrole nitrogens is 1. The fraction of sp³-hybridized carbons (Fsp3) is 0.389. The minimum Gasteiger partial charge on any atom is -0.301 e. The summed E-state index contributed by atoms with van der Waals surface area (Å²) < 4.78 is 0. The minimum absolute atomic E-state index is 0.0635. The van der Waals surface area contributed by atoms with E-state index in [2.05, 4.69) is 9.97 Å². The van der Waals surface area contributed by atoms with Crippen LogP contribution < -0.4 is 5.56 Å². The zero-order chi connectivity index (χ0) is 17.0. The summed E-state index contributed by atoms with van der Waals surface area (Å²) in [5, 5.41) is 0.511. The highest BCUT2D eigenvalue weighted by atomic mass is 32.2. The van der Waals surface area contributed by atoms with Crippen LogP contribution in [0, 0.1) is 20.8 Å². The van der Waals surface area contributed by atoms with Gasteiger partial charge < -0.3 is 4.98 Å². The fourth-order valence-corrected chi connectivity index (χ4v) is 3.53. The van der Waals surface area contributed by atoms with Crippen LogP contribution in [0.25, 0.3) is 0 Å². The summed E-state index contributed by atoms with van der Waals surface area (Å²) in [6.07, 6.45) is 1.70. The summed E-state index contributed by atoms with van der Waals surface area (Å²) in [5.74, 6) is 0.331. The van der Waals surface area contributed by atoms with Crippen molar-refractivity contribution in [2.75, 3.05) is 5.75 Å². The zero-order valence-electron chi connectivity index (χ0n) is 14.0. The van der Waals surface area contributed by atoms with Crippen LogP contribution in [0.3, 0.4) is 0 Å². The molecule has 0 aliphatic heterocycles. The Kier molecular flexibility index (Phi) is 5.77. The molecule has 0 saturated heterocycles. The average molecular weight is 330 g/mol. The van der Waals surface area contributed by atoms with Gasteiger partial charge in [0.25, 0.3) is 5.56 Å². The lowest BCUT2D eigenvalue weighted by Gasteiger charge is -2.10. The van der Waals surface area contributed by atoms with E-state index < -0.39 is 0 Å². The quantitative estimate of drug-likeness (QED) is 0.499. The Morgan fingerprint density at radius 2 is 1.83 bits per heavy atom. The highest BCUT2D eigenvalue weighted by Gasteiger charge is 2.14. The highest BCUT2D eigenvalue weighted by molar-refractivity contribution is 7.99. The van der Waals surface area contributed by atoms with Crippen molar-refractivity contribution in [2.45, 2.75) is 45.7 Å². The van der Waals surface area contributed by atoms with Crippen LogP contribution in [-0.2, 0) is 6.42 Å². The molecule has 1 aromatic carbocycles. The molecule has 0 aliphatic carbocycles. The maximum Gasteiger partial charge on any atom is 0.251 e. The van der Waals surface area contributed by atoms with Crippen LogP contribution in [0.15, 0.2) is 28.2 Å². The molecule has 1 aromatic heterocycles. The van der Waals surface area contributed by atoms with Gasteiger partial charge in [0.1, 0.15) is 0 Å². The van der Waals surface area contributed by atoms with Gasteiger partial charge in [-0.15, -0.1) is 0 Å². The van der Waals surface area contributed by atoms with E-state index in [0.717, 1.165) is 40.8 Å². The van der Waals surface area contributed by atoms with Gasteiger partial charge in [0, 0.05) is 17.3 Å². The molecule has 5 heteroatoms. The standard InChI is InChI=1S/C18H22N2O2S/c1-5-6-14-9-16(22)20-18(19-14)23-10-15(21)17-12(3)7-11(2)8-13(17)4/h7-9H,5-6,10H2,1-4H3,(H,19,20,22). The maximum atomic E-state index is 12.5. The lowest BCUT2D eigenvalue weighted by Crippen LogP contribution is -2.12. The number of benzene rings is 1. The number of ketones is 1. The number of carbonyl (C=O) groups is 1. The Labute approximate surface area is 140 Å². The molecule has 2 aromatic rings. The first-order valence-electron chi connectivity index (χ1n) is 7.74. The van der Waals surface area contributed by atoms with E-state index in [-0.39, 0.29) is 17.1 Å². The number of carbonyl (C=O) groups excluding carboxylic acids is 1. The first kappa shape index (κ1) is 17.5. The number of nitrogens with one attached hydrogen (secondary N) is 1. The van der Waals surface area contributed by atoms with E-state index in [4.69, 9.17) is 0 Å². The molecule has 0 amide bonds. The van der Waals surface area contributed by atoms with Crippen molar-refractivity contribution in [3.63, 3.8) is 0 Å². The van der Waals surface area contributed by atoms with Gasteiger partial charge in [0.05, 0.1) is 5.75 Å². The van der Waals surface area contributed by atoms with Gasteiger partial charge >= 0.3 is 0 Å². The first-order valence-corrected chi connectivity index (χ1v) is 8.73. The Morgan fingerprint density at radius 1 is 1.17 bits per heavy atom.